The molecule has 0 aliphatic heterocycles. The van der Waals surface area contributed by atoms with Crippen LogP contribution in [0, 0.1) is 5.92 Å². The van der Waals surface area contributed by atoms with Crippen molar-refractivity contribution in [2.45, 2.75) is 13.8 Å². The third kappa shape index (κ3) is 2.84. The van der Waals surface area contributed by atoms with Crippen LogP contribution in [0.2, 0.25) is 0 Å². The lowest BCUT2D eigenvalue weighted by Gasteiger charge is -2.09. The fourth-order valence-electron chi connectivity index (χ4n) is 1.68. The summed E-state index contributed by atoms with van der Waals surface area (Å²) in [7, 11) is 3.02. The fourth-order valence-corrected chi connectivity index (χ4v) is 1.68. The van der Waals surface area contributed by atoms with E-state index >= 15 is 0 Å². The minimum atomic E-state index is -0.519. The Hall–Kier alpha value is -2.24. The second-order valence-electron chi connectivity index (χ2n) is 4.70. The largest absolute Gasteiger partial charge is 0.493 e. The number of benzene rings is 1. The van der Waals surface area contributed by atoms with Crippen LogP contribution in [-0.2, 0) is 0 Å². The second kappa shape index (κ2) is 5.81. The van der Waals surface area contributed by atoms with Crippen molar-refractivity contribution < 1.29 is 18.6 Å². The molecule has 108 valence electrons. The van der Waals surface area contributed by atoms with Gasteiger partial charge in [-0.25, -0.2) is 4.79 Å². The van der Waals surface area contributed by atoms with Crippen molar-refractivity contribution in [3.8, 4) is 17.6 Å². The minimum absolute atomic E-state index is 0.0385. The third-order valence-electron chi connectivity index (χ3n) is 2.65. The Morgan fingerprint density at radius 3 is 2.45 bits per heavy atom. The number of hydrogen-bond donors (Lipinski definition) is 0. The van der Waals surface area contributed by atoms with Gasteiger partial charge in [0.25, 0.3) is 0 Å². The molecule has 1 aromatic heterocycles. The van der Waals surface area contributed by atoms with Crippen LogP contribution >= 0.6 is 0 Å². The van der Waals surface area contributed by atoms with Gasteiger partial charge in [-0.3, -0.25) is 0 Å². The summed E-state index contributed by atoms with van der Waals surface area (Å²) < 4.78 is 20.7. The summed E-state index contributed by atoms with van der Waals surface area (Å²) in [5, 5.41) is 0.319. The molecule has 0 aliphatic carbocycles. The smallest absolute Gasteiger partial charge is 0.397 e. The number of nitrogens with zero attached hydrogens (tertiary/aromatic N) is 1. The maximum absolute atomic E-state index is 11.9. The van der Waals surface area contributed by atoms with Gasteiger partial charge in [0, 0.05) is 12.1 Å². The first-order valence-corrected chi connectivity index (χ1v) is 6.24. The predicted octanol–water partition coefficient (Wildman–Crippen LogP) is 2.24. The molecule has 0 saturated carbocycles. The lowest BCUT2D eigenvalue weighted by molar-refractivity contribution is 0.191. The summed E-state index contributed by atoms with van der Waals surface area (Å²) in [6.07, 6.45) is -0.0385. The molecule has 0 fully saturated rings. The van der Waals surface area contributed by atoms with Gasteiger partial charge in [-0.1, -0.05) is 13.8 Å². The van der Waals surface area contributed by atoms with Gasteiger partial charge >= 0.3 is 11.7 Å². The second-order valence-corrected chi connectivity index (χ2v) is 4.70. The maximum atomic E-state index is 11.9. The zero-order chi connectivity index (χ0) is 14.7. The first kappa shape index (κ1) is 14.2. The lowest BCUT2D eigenvalue weighted by atomic mass is 10.2. The summed E-state index contributed by atoms with van der Waals surface area (Å²) >= 11 is 0. The van der Waals surface area contributed by atoms with E-state index in [9.17, 15) is 4.79 Å². The Bertz CT molecular complexity index is 662. The molecule has 2 rings (SSSR count). The van der Waals surface area contributed by atoms with Crippen LogP contribution < -0.4 is 19.8 Å². The number of hydrogen-bond acceptors (Lipinski definition) is 6. The van der Waals surface area contributed by atoms with E-state index in [1.165, 1.54) is 14.2 Å². The first-order chi connectivity index (χ1) is 9.55. The Kier molecular flexibility index (Phi) is 4.12. The monoisotopic (exact) mass is 279 g/mol. The standard InChI is InChI=1S/C14H17NO5/c1-8(2)7-19-14-15-10-6-12(18-4)11(17-3)5-9(10)13(16)20-14/h5-6,8H,7H2,1-4H3. The summed E-state index contributed by atoms with van der Waals surface area (Å²) in [5.74, 6) is 1.25. The van der Waals surface area contributed by atoms with Gasteiger partial charge in [0.15, 0.2) is 11.5 Å². The molecule has 0 amide bonds. The van der Waals surface area contributed by atoms with E-state index in [1.807, 2.05) is 13.8 Å². The van der Waals surface area contributed by atoms with E-state index in [1.54, 1.807) is 12.1 Å². The molecule has 0 spiro atoms. The number of ether oxygens (including phenoxy) is 3. The molecule has 0 bridgehead atoms. The quantitative estimate of drug-likeness (QED) is 0.836. The van der Waals surface area contributed by atoms with Crippen LogP contribution in [0.5, 0.6) is 17.6 Å². The van der Waals surface area contributed by atoms with Gasteiger partial charge in [0.1, 0.15) is 0 Å². The summed E-state index contributed by atoms with van der Waals surface area (Å²) in [6.45, 7) is 4.41. The van der Waals surface area contributed by atoms with E-state index in [-0.39, 0.29) is 6.08 Å². The van der Waals surface area contributed by atoms with Crippen molar-refractivity contribution >= 4 is 10.9 Å². The zero-order valence-corrected chi connectivity index (χ0v) is 11.9. The van der Waals surface area contributed by atoms with Gasteiger partial charge in [0.2, 0.25) is 0 Å². The van der Waals surface area contributed by atoms with E-state index in [4.69, 9.17) is 18.6 Å². The van der Waals surface area contributed by atoms with Gasteiger partial charge in [-0.2, -0.15) is 4.98 Å². The molecule has 2 aromatic rings. The molecule has 20 heavy (non-hydrogen) atoms. The van der Waals surface area contributed by atoms with Crippen molar-refractivity contribution in [1.82, 2.24) is 4.98 Å². The first-order valence-electron chi connectivity index (χ1n) is 6.24. The third-order valence-corrected chi connectivity index (χ3v) is 2.65. The Labute approximate surface area is 116 Å². The summed E-state index contributed by atoms with van der Waals surface area (Å²) in [6, 6.07) is 3.16. The molecule has 0 saturated heterocycles. The molecular weight excluding hydrogens is 262 g/mol. The Morgan fingerprint density at radius 2 is 1.85 bits per heavy atom. The highest BCUT2D eigenvalue weighted by atomic mass is 16.6. The van der Waals surface area contributed by atoms with Crippen molar-refractivity contribution in [2.24, 2.45) is 5.92 Å². The van der Waals surface area contributed by atoms with Crippen LogP contribution in [0.4, 0.5) is 0 Å². The summed E-state index contributed by atoms with van der Waals surface area (Å²) in [4.78, 5) is 16.1. The van der Waals surface area contributed by atoms with Crippen molar-refractivity contribution in [2.75, 3.05) is 20.8 Å². The van der Waals surface area contributed by atoms with Crippen LogP contribution in [0.15, 0.2) is 21.3 Å². The molecule has 6 nitrogen and oxygen atoms in total. The molecule has 0 aliphatic rings. The molecule has 0 atom stereocenters. The van der Waals surface area contributed by atoms with Crippen LogP contribution in [-0.4, -0.2) is 25.8 Å². The Morgan fingerprint density at radius 1 is 1.20 bits per heavy atom. The van der Waals surface area contributed by atoms with Crippen LogP contribution in [0.1, 0.15) is 13.8 Å². The summed E-state index contributed by atoms with van der Waals surface area (Å²) in [5.41, 5.74) is -0.0765. The number of fused-ring (bicyclic) bond motifs is 1. The topological polar surface area (TPSA) is 70.8 Å². The van der Waals surface area contributed by atoms with Gasteiger partial charge in [-0.05, 0) is 5.92 Å². The van der Waals surface area contributed by atoms with Crippen molar-refractivity contribution in [1.29, 1.82) is 0 Å². The molecular formula is C14H17NO5. The lowest BCUT2D eigenvalue weighted by Crippen LogP contribution is -2.09. The maximum Gasteiger partial charge on any atom is 0.397 e. The average molecular weight is 279 g/mol. The van der Waals surface area contributed by atoms with Gasteiger partial charge < -0.3 is 18.6 Å². The normalized spacial score (nSPS) is 10.8. The Balaban J connectivity index is 2.50. The van der Waals surface area contributed by atoms with Crippen LogP contribution in [0.25, 0.3) is 10.9 Å². The van der Waals surface area contributed by atoms with Crippen molar-refractivity contribution in [3.63, 3.8) is 0 Å². The number of rotatable bonds is 5. The van der Waals surface area contributed by atoms with Crippen LogP contribution in [0.3, 0.4) is 0 Å². The molecule has 0 N–H and O–H groups in total. The van der Waals surface area contributed by atoms with E-state index in [0.29, 0.717) is 34.9 Å². The molecule has 1 heterocycles. The highest BCUT2D eigenvalue weighted by Gasteiger charge is 2.13. The van der Waals surface area contributed by atoms with Gasteiger partial charge in [0.05, 0.1) is 31.7 Å². The average Bonchev–Trinajstić information content (AvgIpc) is 2.43. The number of aromatic nitrogens is 1. The van der Waals surface area contributed by atoms with E-state index < -0.39 is 5.63 Å². The zero-order valence-electron chi connectivity index (χ0n) is 11.9. The van der Waals surface area contributed by atoms with E-state index in [0.717, 1.165) is 0 Å². The molecule has 1 aromatic carbocycles. The van der Waals surface area contributed by atoms with Crippen molar-refractivity contribution in [3.05, 3.63) is 22.6 Å². The van der Waals surface area contributed by atoms with Gasteiger partial charge in [-0.15, -0.1) is 0 Å². The molecule has 6 heteroatoms. The molecule has 0 unspecified atom stereocenters. The highest BCUT2D eigenvalue weighted by Crippen LogP contribution is 2.30. The number of methoxy groups -OCH3 is 2. The fraction of sp³-hybridized carbons (Fsp3) is 0.429. The highest BCUT2D eigenvalue weighted by molar-refractivity contribution is 5.81. The SMILES string of the molecule is COc1cc2nc(OCC(C)C)oc(=O)c2cc1OC. The minimum Gasteiger partial charge on any atom is -0.493 e. The van der Waals surface area contributed by atoms with E-state index in [2.05, 4.69) is 4.98 Å². The molecule has 0 radical (unpaired) electrons. The predicted molar refractivity (Wildman–Crippen MR) is 73.7 cm³/mol.